The van der Waals surface area contributed by atoms with Crippen molar-refractivity contribution in [3.63, 3.8) is 0 Å². The van der Waals surface area contributed by atoms with Crippen LogP contribution in [-0.4, -0.2) is 39.4 Å². The van der Waals surface area contributed by atoms with Crippen molar-refractivity contribution in [2.45, 2.75) is 0 Å². The average molecular weight is 460 g/mol. The van der Waals surface area contributed by atoms with E-state index in [1.807, 2.05) is 36.4 Å². The second kappa shape index (κ2) is 11.9. The maximum Gasteiger partial charge on any atom is 0.271 e. The molecule has 0 bridgehead atoms. The van der Waals surface area contributed by atoms with Gasteiger partial charge in [-0.3, -0.25) is 9.59 Å². The number of hydrogen-bond donors (Lipinski definition) is 2. The summed E-state index contributed by atoms with van der Waals surface area (Å²) >= 11 is 0. The Balaban J connectivity index is 1.60. The largest absolute Gasteiger partial charge is 0.493 e. The topological polar surface area (TPSA) is 98.2 Å². The Hall–Kier alpha value is -4.59. The van der Waals surface area contributed by atoms with Crippen molar-refractivity contribution in [3.8, 4) is 17.2 Å². The first-order valence-electron chi connectivity index (χ1n) is 10.3. The van der Waals surface area contributed by atoms with Crippen molar-refractivity contribution in [1.82, 2.24) is 5.43 Å². The zero-order valence-electron chi connectivity index (χ0n) is 19.1. The quantitative estimate of drug-likeness (QED) is 0.365. The minimum atomic E-state index is -0.369. The Morgan fingerprint density at radius 3 is 2.03 bits per heavy atom. The Morgan fingerprint density at radius 1 is 0.794 bits per heavy atom. The number of carbonyl (C=O) groups excluding carboxylic acids is 2. The van der Waals surface area contributed by atoms with E-state index in [9.17, 15) is 9.59 Å². The first kappa shape index (κ1) is 24.1. The molecule has 0 aliphatic heterocycles. The molecule has 0 spiro atoms. The van der Waals surface area contributed by atoms with E-state index in [1.165, 1.54) is 27.5 Å². The summed E-state index contributed by atoms with van der Waals surface area (Å²) in [6.07, 6.45) is 5.11. The van der Waals surface area contributed by atoms with Gasteiger partial charge in [-0.15, -0.1) is 0 Å². The third-order valence-corrected chi connectivity index (χ3v) is 4.75. The highest BCUT2D eigenvalue weighted by Crippen LogP contribution is 2.38. The van der Waals surface area contributed by atoms with Crippen molar-refractivity contribution in [2.75, 3.05) is 26.6 Å². The SMILES string of the molecule is COc1cc(C(=O)Nc2ccc(C(=O)N/N=C/C=C/c3ccccc3)cc2)cc(OC)c1OC. The van der Waals surface area contributed by atoms with E-state index in [0.717, 1.165) is 5.56 Å². The number of hydrogen-bond acceptors (Lipinski definition) is 6. The first-order chi connectivity index (χ1) is 16.5. The van der Waals surface area contributed by atoms with Gasteiger partial charge in [0, 0.05) is 23.0 Å². The molecule has 3 aromatic carbocycles. The van der Waals surface area contributed by atoms with Crippen LogP contribution in [0.2, 0.25) is 0 Å². The molecule has 0 saturated carbocycles. The number of benzene rings is 3. The van der Waals surface area contributed by atoms with Gasteiger partial charge < -0.3 is 19.5 Å². The summed E-state index contributed by atoms with van der Waals surface area (Å²) in [5.41, 5.74) is 4.74. The molecule has 2 amide bonds. The van der Waals surface area contributed by atoms with E-state index in [0.29, 0.717) is 34.1 Å². The van der Waals surface area contributed by atoms with Gasteiger partial charge in [0.05, 0.1) is 21.3 Å². The molecule has 0 atom stereocenters. The fourth-order valence-corrected chi connectivity index (χ4v) is 3.04. The summed E-state index contributed by atoms with van der Waals surface area (Å²) in [6.45, 7) is 0. The van der Waals surface area contributed by atoms with Crippen LogP contribution in [0.4, 0.5) is 5.69 Å². The van der Waals surface area contributed by atoms with Gasteiger partial charge in [-0.05, 0) is 48.0 Å². The number of carbonyl (C=O) groups is 2. The van der Waals surface area contributed by atoms with Gasteiger partial charge in [-0.25, -0.2) is 5.43 Å². The number of amides is 2. The molecule has 2 N–H and O–H groups in total. The van der Waals surface area contributed by atoms with Gasteiger partial charge in [0.2, 0.25) is 5.75 Å². The van der Waals surface area contributed by atoms with Crippen LogP contribution in [0.5, 0.6) is 17.2 Å². The molecule has 0 heterocycles. The molecule has 0 aromatic heterocycles. The van der Waals surface area contributed by atoms with E-state index in [2.05, 4.69) is 15.8 Å². The van der Waals surface area contributed by atoms with Crippen LogP contribution in [0.25, 0.3) is 6.08 Å². The van der Waals surface area contributed by atoms with Gasteiger partial charge in [0.15, 0.2) is 11.5 Å². The molecule has 0 unspecified atom stereocenters. The fraction of sp³-hybridized carbons (Fsp3) is 0.115. The molecule has 3 rings (SSSR count). The van der Waals surface area contributed by atoms with Crippen LogP contribution in [0.1, 0.15) is 26.3 Å². The molecular weight excluding hydrogens is 434 g/mol. The summed E-state index contributed by atoms with van der Waals surface area (Å²) in [7, 11) is 4.45. The predicted octanol–water partition coefficient (Wildman–Crippen LogP) is 4.39. The van der Waals surface area contributed by atoms with Crippen LogP contribution in [0.15, 0.2) is 77.9 Å². The number of rotatable bonds is 9. The van der Waals surface area contributed by atoms with Crippen LogP contribution in [0.3, 0.4) is 0 Å². The van der Waals surface area contributed by atoms with E-state index in [-0.39, 0.29) is 11.8 Å². The number of nitrogens with one attached hydrogen (secondary N) is 2. The van der Waals surface area contributed by atoms with Gasteiger partial charge >= 0.3 is 0 Å². The average Bonchev–Trinajstić information content (AvgIpc) is 2.88. The Bertz CT molecular complexity index is 1160. The molecule has 8 heteroatoms. The van der Waals surface area contributed by atoms with Crippen LogP contribution in [0, 0.1) is 0 Å². The van der Waals surface area contributed by atoms with Crippen molar-refractivity contribution >= 4 is 29.8 Å². The monoisotopic (exact) mass is 459 g/mol. The molecule has 0 fully saturated rings. The van der Waals surface area contributed by atoms with Gasteiger partial charge in [-0.1, -0.05) is 36.4 Å². The highest BCUT2D eigenvalue weighted by Gasteiger charge is 2.17. The van der Waals surface area contributed by atoms with Crippen LogP contribution < -0.4 is 25.0 Å². The number of nitrogens with zero attached hydrogens (tertiary/aromatic N) is 1. The van der Waals surface area contributed by atoms with Gasteiger partial charge in [0.25, 0.3) is 11.8 Å². The van der Waals surface area contributed by atoms with Crippen molar-refractivity contribution in [2.24, 2.45) is 5.10 Å². The lowest BCUT2D eigenvalue weighted by molar-refractivity contribution is 0.0954. The van der Waals surface area contributed by atoms with Crippen molar-refractivity contribution in [3.05, 3.63) is 89.5 Å². The number of anilines is 1. The second-order valence-corrected chi connectivity index (χ2v) is 6.93. The second-order valence-electron chi connectivity index (χ2n) is 6.93. The number of hydrazone groups is 1. The minimum absolute atomic E-state index is 0.328. The summed E-state index contributed by atoms with van der Waals surface area (Å²) < 4.78 is 15.8. The lowest BCUT2D eigenvalue weighted by Crippen LogP contribution is -2.17. The number of allylic oxidation sites excluding steroid dienone is 1. The van der Waals surface area contributed by atoms with Crippen molar-refractivity contribution in [1.29, 1.82) is 0 Å². The predicted molar refractivity (Wildman–Crippen MR) is 132 cm³/mol. The number of methoxy groups -OCH3 is 3. The van der Waals surface area contributed by atoms with Crippen molar-refractivity contribution < 1.29 is 23.8 Å². The molecule has 0 radical (unpaired) electrons. The number of ether oxygens (including phenoxy) is 3. The maximum atomic E-state index is 12.7. The minimum Gasteiger partial charge on any atom is -0.493 e. The van der Waals surface area contributed by atoms with Crippen LogP contribution >= 0.6 is 0 Å². The highest BCUT2D eigenvalue weighted by molar-refractivity contribution is 6.05. The molecular formula is C26H25N3O5. The normalized spacial score (nSPS) is 10.8. The van der Waals surface area contributed by atoms with E-state index < -0.39 is 0 Å². The Morgan fingerprint density at radius 2 is 1.44 bits per heavy atom. The third kappa shape index (κ3) is 6.23. The standard InChI is InChI=1S/C26H25N3O5/c1-32-22-16-20(17-23(33-2)24(22)34-3)25(30)28-21-13-11-19(12-14-21)26(31)29-27-15-7-10-18-8-5-4-6-9-18/h4-17H,1-3H3,(H,28,30)(H,29,31)/b10-7+,27-15+. The van der Waals surface area contributed by atoms with Crippen LogP contribution in [-0.2, 0) is 0 Å². The zero-order chi connectivity index (χ0) is 24.3. The van der Waals surface area contributed by atoms with Gasteiger partial charge in [-0.2, -0.15) is 5.10 Å². The summed E-state index contributed by atoms with van der Waals surface area (Å²) in [4.78, 5) is 25.0. The Labute approximate surface area is 197 Å². The zero-order valence-corrected chi connectivity index (χ0v) is 19.1. The molecule has 0 aliphatic rings. The molecule has 174 valence electrons. The van der Waals surface area contributed by atoms with Gasteiger partial charge in [0.1, 0.15) is 0 Å². The molecule has 34 heavy (non-hydrogen) atoms. The molecule has 3 aromatic rings. The fourth-order valence-electron chi connectivity index (χ4n) is 3.04. The lowest BCUT2D eigenvalue weighted by atomic mass is 10.1. The van der Waals surface area contributed by atoms with E-state index >= 15 is 0 Å². The smallest absolute Gasteiger partial charge is 0.271 e. The molecule has 0 saturated heterocycles. The summed E-state index contributed by atoms with van der Waals surface area (Å²) in [5, 5.41) is 6.68. The first-order valence-corrected chi connectivity index (χ1v) is 10.3. The summed E-state index contributed by atoms with van der Waals surface area (Å²) in [5.74, 6) is 0.407. The highest BCUT2D eigenvalue weighted by atomic mass is 16.5. The Kier molecular flexibility index (Phi) is 8.40. The molecule has 0 aliphatic carbocycles. The lowest BCUT2D eigenvalue weighted by Gasteiger charge is -2.14. The molecule has 8 nitrogen and oxygen atoms in total. The summed E-state index contributed by atoms with van der Waals surface area (Å²) in [6, 6.07) is 19.3. The van der Waals surface area contributed by atoms with E-state index in [4.69, 9.17) is 14.2 Å². The third-order valence-electron chi connectivity index (χ3n) is 4.75. The maximum absolute atomic E-state index is 12.7. The van der Waals surface area contributed by atoms with E-state index in [1.54, 1.807) is 42.5 Å².